The highest BCUT2D eigenvalue weighted by molar-refractivity contribution is 6.23. The van der Waals surface area contributed by atoms with Crippen LogP contribution in [0.5, 0.6) is 0 Å². The zero-order valence-electron chi connectivity index (χ0n) is 15.0. The minimum atomic E-state index is -4.59. The lowest BCUT2D eigenvalue weighted by Gasteiger charge is -2.38. The van der Waals surface area contributed by atoms with Crippen molar-refractivity contribution in [2.24, 2.45) is 0 Å². The van der Waals surface area contributed by atoms with Crippen LogP contribution in [-0.4, -0.2) is 40.3 Å². The SMILES string of the molecule is O[C@@H]1[C@H](O)[C@@H](O)c2cc3ccc4cccc5ccc(c2[C@@H]1OCC(F)(F)F)c3c45. The van der Waals surface area contributed by atoms with Crippen molar-refractivity contribution < 1.29 is 33.2 Å². The first-order valence-electron chi connectivity index (χ1n) is 9.19. The van der Waals surface area contributed by atoms with Gasteiger partial charge in [0.2, 0.25) is 0 Å². The van der Waals surface area contributed by atoms with Gasteiger partial charge in [0.1, 0.15) is 31.0 Å². The highest BCUT2D eigenvalue weighted by Gasteiger charge is 2.44. The first-order valence-corrected chi connectivity index (χ1v) is 9.19. The fourth-order valence-electron chi connectivity index (χ4n) is 4.50. The van der Waals surface area contributed by atoms with Crippen molar-refractivity contribution in [2.45, 2.75) is 30.6 Å². The molecule has 0 fully saturated rings. The maximum atomic E-state index is 12.8. The molecule has 0 radical (unpaired) electrons. The van der Waals surface area contributed by atoms with Gasteiger partial charge in [-0.05, 0) is 49.5 Å². The topological polar surface area (TPSA) is 69.9 Å². The summed E-state index contributed by atoms with van der Waals surface area (Å²) in [4.78, 5) is 0. The van der Waals surface area contributed by atoms with E-state index < -0.39 is 37.2 Å². The van der Waals surface area contributed by atoms with E-state index in [2.05, 4.69) is 0 Å². The predicted molar refractivity (Wildman–Crippen MR) is 102 cm³/mol. The summed E-state index contributed by atoms with van der Waals surface area (Å²) in [5.41, 5.74) is 0.547. The number of benzene rings is 4. The summed E-state index contributed by atoms with van der Waals surface area (Å²) < 4.78 is 43.5. The number of hydrogen-bond acceptors (Lipinski definition) is 4. The van der Waals surface area contributed by atoms with E-state index in [1.54, 1.807) is 12.1 Å². The van der Waals surface area contributed by atoms with Crippen LogP contribution in [0.2, 0.25) is 0 Å². The quantitative estimate of drug-likeness (QED) is 0.444. The number of ether oxygens (including phenoxy) is 1. The van der Waals surface area contributed by atoms with Gasteiger partial charge in [0, 0.05) is 0 Å². The molecule has 0 aliphatic heterocycles. The second-order valence-electron chi connectivity index (χ2n) is 7.51. The Bertz CT molecular complexity index is 1200. The Labute approximate surface area is 163 Å². The van der Waals surface area contributed by atoms with Crippen LogP contribution in [-0.2, 0) is 4.74 Å². The fourth-order valence-corrected chi connectivity index (χ4v) is 4.50. The number of fused-ring (bicyclic) bond motifs is 2. The maximum absolute atomic E-state index is 12.8. The zero-order valence-corrected chi connectivity index (χ0v) is 15.0. The molecule has 0 saturated heterocycles. The molecule has 4 aromatic carbocycles. The van der Waals surface area contributed by atoms with Crippen LogP contribution in [0, 0.1) is 0 Å². The first-order chi connectivity index (χ1) is 13.8. The third-order valence-corrected chi connectivity index (χ3v) is 5.73. The third kappa shape index (κ3) is 2.77. The molecule has 1 aliphatic carbocycles. The van der Waals surface area contributed by atoms with Gasteiger partial charge >= 0.3 is 6.18 Å². The molecule has 0 heterocycles. The molecule has 29 heavy (non-hydrogen) atoms. The second kappa shape index (κ2) is 6.27. The van der Waals surface area contributed by atoms with Gasteiger partial charge in [0.15, 0.2) is 0 Å². The van der Waals surface area contributed by atoms with Gasteiger partial charge in [-0.1, -0.05) is 42.5 Å². The molecule has 4 aromatic rings. The van der Waals surface area contributed by atoms with Crippen LogP contribution in [0.15, 0.2) is 48.5 Å². The van der Waals surface area contributed by atoms with E-state index in [4.69, 9.17) is 4.74 Å². The maximum Gasteiger partial charge on any atom is 0.411 e. The molecule has 0 spiro atoms. The molecule has 0 unspecified atom stereocenters. The molecule has 0 amide bonds. The van der Waals surface area contributed by atoms with Gasteiger partial charge in [-0.15, -0.1) is 0 Å². The number of rotatable bonds is 2. The highest BCUT2D eigenvalue weighted by Crippen LogP contribution is 2.46. The summed E-state index contributed by atoms with van der Waals surface area (Å²) in [6.07, 6.45) is -10.8. The van der Waals surface area contributed by atoms with Crippen molar-refractivity contribution in [3.63, 3.8) is 0 Å². The summed E-state index contributed by atoms with van der Waals surface area (Å²) in [5.74, 6) is 0. The smallest absolute Gasteiger partial charge is 0.387 e. The molecule has 4 atom stereocenters. The lowest BCUT2D eigenvalue weighted by molar-refractivity contribution is -0.211. The molecule has 0 saturated carbocycles. The van der Waals surface area contributed by atoms with E-state index in [0.29, 0.717) is 5.39 Å². The van der Waals surface area contributed by atoms with Gasteiger partial charge in [-0.2, -0.15) is 13.2 Å². The molecule has 5 rings (SSSR count). The van der Waals surface area contributed by atoms with E-state index in [0.717, 1.165) is 26.9 Å². The standard InChI is InChI=1S/C22H17F3O4/c23-22(24,25)9-29-21-17-13-7-6-11-3-1-2-10-4-5-12(16(13)15(10)11)8-14(17)18(26)19(27)20(21)28/h1-8,18-21,26-28H,9H2/t18-,19+,20+,21-/m0/s1. The first kappa shape index (κ1) is 18.6. The number of aliphatic hydroxyl groups is 3. The van der Waals surface area contributed by atoms with Crippen LogP contribution < -0.4 is 0 Å². The Morgan fingerprint density at radius 1 is 0.828 bits per heavy atom. The molecule has 1 aliphatic rings. The third-order valence-electron chi connectivity index (χ3n) is 5.73. The minimum Gasteiger partial charge on any atom is -0.387 e. The largest absolute Gasteiger partial charge is 0.411 e. The number of aliphatic hydroxyl groups excluding tert-OH is 3. The summed E-state index contributed by atoms with van der Waals surface area (Å²) in [6.45, 7) is -1.57. The fraction of sp³-hybridized carbons (Fsp3) is 0.273. The lowest BCUT2D eigenvalue weighted by Crippen LogP contribution is -2.43. The van der Waals surface area contributed by atoms with Crippen molar-refractivity contribution in [1.82, 2.24) is 0 Å². The predicted octanol–water partition coefficient (Wildman–Crippen LogP) is 3.97. The second-order valence-corrected chi connectivity index (χ2v) is 7.51. The average Bonchev–Trinajstić information content (AvgIpc) is 2.69. The number of alkyl halides is 3. The van der Waals surface area contributed by atoms with Crippen molar-refractivity contribution in [3.05, 3.63) is 59.7 Å². The van der Waals surface area contributed by atoms with Gasteiger partial charge < -0.3 is 20.1 Å². The van der Waals surface area contributed by atoms with Gasteiger partial charge in [-0.25, -0.2) is 0 Å². The normalized spacial score (nSPS) is 25.2. The van der Waals surface area contributed by atoms with Gasteiger partial charge in [-0.3, -0.25) is 0 Å². The van der Waals surface area contributed by atoms with Crippen LogP contribution in [0.1, 0.15) is 23.3 Å². The van der Waals surface area contributed by atoms with Crippen LogP contribution in [0.4, 0.5) is 13.2 Å². The Balaban J connectivity index is 1.83. The lowest BCUT2D eigenvalue weighted by atomic mass is 9.78. The monoisotopic (exact) mass is 402 g/mol. The minimum absolute atomic E-state index is 0.265. The Morgan fingerprint density at radius 3 is 2.17 bits per heavy atom. The molecular formula is C22H17F3O4. The van der Waals surface area contributed by atoms with E-state index >= 15 is 0 Å². The molecule has 0 bridgehead atoms. The molecule has 4 nitrogen and oxygen atoms in total. The number of halogens is 3. The Morgan fingerprint density at radius 2 is 1.48 bits per heavy atom. The molecule has 7 heteroatoms. The van der Waals surface area contributed by atoms with Crippen LogP contribution in [0.3, 0.4) is 0 Å². The van der Waals surface area contributed by atoms with Crippen molar-refractivity contribution in [3.8, 4) is 0 Å². The summed E-state index contributed by atoms with van der Waals surface area (Å²) in [6, 6.07) is 14.9. The van der Waals surface area contributed by atoms with E-state index in [-0.39, 0.29) is 11.1 Å². The zero-order chi connectivity index (χ0) is 20.5. The molecular weight excluding hydrogens is 385 g/mol. The summed E-state index contributed by atoms with van der Waals surface area (Å²) in [5, 5.41) is 36.3. The van der Waals surface area contributed by atoms with Crippen molar-refractivity contribution >= 4 is 32.3 Å². The van der Waals surface area contributed by atoms with Gasteiger partial charge in [0.25, 0.3) is 0 Å². The van der Waals surface area contributed by atoms with Gasteiger partial charge in [0.05, 0.1) is 0 Å². The van der Waals surface area contributed by atoms with Crippen LogP contribution >= 0.6 is 0 Å². The van der Waals surface area contributed by atoms with E-state index in [1.165, 1.54) is 0 Å². The summed E-state index contributed by atoms with van der Waals surface area (Å²) >= 11 is 0. The van der Waals surface area contributed by atoms with Crippen molar-refractivity contribution in [1.29, 1.82) is 0 Å². The van der Waals surface area contributed by atoms with Crippen LogP contribution in [0.25, 0.3) is 32.3 Å². The average molecular weight is 402 g/mol. The van der Waals surface area contributed by atoms with E-state index in [9.17, 15) is 28.5 Å². The van der Waals surface area contributed by atoms with Crippen molar-refractivity contribution in [2.75, 3.05) is 6.61 Å². The van der Waals surface area contributed by atoms with E-state index in [1.807, 2.05) is 36.4 Å². The Hall–Kier alpha value is -2.45. The number of hydrogen-bond donors (Lipinski definition) is 3. The molecule has 150 valence electrons. The summed E-state index contributed by atoms with van der Waals surface area (Å²) in [7, 11) is 0. The Kier molecular flexibility index (Phi) is 4.02. The molecule has 0 aromatic heterocycles. The highest BCUT2D eigenvalue weighted by atomic mass is 19.4. The molecule has 3 N–H and O–H groups in total.